The van der Waals surface area contributed by atoms with Crippen molar-refractivity contribution in [3.63, 3.8) is 0 Å². The number of sulfone groups is 2. The molecule has 0 fully saturated rings. The van der Waals surface area contributed by atoms with Gasteiger partial charge in [-0.05, 0) is 24.3 Å². The summed E-state index contributed by atoms with van der Waals surface area (Å²) in [7, 11) is -8.86. The Hall–Kier alpha value is -1.95. The highest BCUT2D eigenvalue weighted by atomic mass is 35.7. The minimum absolute atomic E-state index is 0.0559. The van der Waals surface area contributed by atoms with Crippen molar-refractivity contribution < 1.29 is 52.4 Å². The number of rotatable bonds is 10. The lowest BCUT2D eigenvalue weighted by Gasteiger charge is -2.09. The molecule has 0 aliphatic carbocycles. The molecular formula is C20H29ClO12S4. The van der Waals surface area contributed by atoms with E-state index < -0.39 is 38.8 Å². The molecule has 12 nitrogen and oxygen atoms in total. The Labute approximate surface area is 222 Å². The van der Waals surface area contributed by atoms with Gasteiger partial charge < -0.3 is 14.6 Å². The number of ether oxygens (including phenoxy) is 2. The van der Waals surface area contributed by atoms with Crippen LogP contribution in [0.1, 0.15) is 0 Å². The molecule has 0 saturated heterocycles. The Morgan fingerprint density at radius 2 is 1.00 bits per heavy atom. The molecule has 2 rings (SSSR count). The molecule has 0 saturated carbocycles. The molecule has 0 aliphatic rings. The quantitative estimate of drug-likeness (QED) is 0.226. The average Bonchev–Trinajstić information content (AvgIpc) is 2.73. The van der Waals surface area contributed by atoms with E-state index in [9.17, 15) is 33.7 Å². The molecular weight excluding hydrogens is 596 g/mol. The van der Waals surface area contributed by atoms with E-state index in [0.717, 1.165) is 25.0 Å². The number of halogens is 1. The fraction of sp³-hybridized carbons (Fsp3) is 0.400. The SMILES string of the molecule is CS(=O)(=O)Cl.CS(=O)(=O)OCCOc1ccccc1S(C)(=O)=O.CS(=O)(=O)c1ccccc1OCCO. The average molecular weight is 625 g/mol. The molecule has 1 N–H and O–H groups in total. The Kier molecular flexibility index (Phi) is 14.6. The lowest BCUT2D eigenvalue weighted by Crippen LogP contribution is -2.12. The molecule has 0 spiro atoms. The molecule has 0 bridgehead atoms. The molecule has 2 aromatic rings. The van der Waals surface area contributed by atoms with E-state index in [1.807, 2.05) is 0 Å². The zero-order chi connectivity index (χ0) is 28.9. The van der Waals surface area contributed by atoms with Crippen LogP contribution in [0.5, 0.6) is 11.5 Å². The normalized spacial score (nSPS) is 11.8. The van der Waals surface area contributed by atoms with Gasteiger partial charge in [0.05, 0.1) is 19.1 Å². The number of benzene rings is 2. The largest absolute Gasteiger partial charge is 0.490 e. The van der Waals surface area contributed by atoms with Crippen LogP contribution < -0.4 is 9.47 Å². The zero-order valence-corrected chi connectivity index (χ0v) is 24.4. The van der Waals surface area contributed by atoms with Gasteiger partial charge in [0, 0.05) is 23.2 Å². The topological polar surface area (TPSA) is 184 Å². The molecule has 0 atom stereocenters. The van der Waals surface area contributed by atoms with Crippen LogP contribution >= 0.6 is 10.7 Å². The van der Waals surface area contributed by atoms with Gasteiger partial charge in [-0.3, -0.25) is 4.18 Å². The summed E-state index contributed by atoms with van der Waals surface area (Å²) in [6.45, 7) is -0.277. The molecule has 0 amide bonds. The van der Waals surface area contributed by atoms with Gasteiger partial charge in [-0.25, -0.2) is 25.3 Å². The number of aliphatic hydroxyl groups is 1. The molecule has 212 valence electrons. The third-order valence-corrected chi connectivity index (χ3v) is 6.35. The smallest absolute Gasteiger partial charge is 0.264 e. The van der Waals surface area contributed by atoms with Crippen LogP contribution in [0.25, 0.3) is 0 Å². The highest BCUT2D eigenvalue weighted by Gasteiger charge is 2.14. The van der Waals surface area contributed by atoms with Gasteiger partial charge in [0.25, 0.3) is 10.1 Å². The van der Waals surface area contributed by atoms with E-state index in [1.54, 1.807) is 30.3 Å². The van der Waals surface area contributed by atoms with Crippen LogP contribution in [0, 0.1) is 0 Å². The van der Waals surface area contributed by atoms with E-state index in [-0.39, 0.29) is 47.7 Å². The Bertz CT molecular complexity index is 1410. The van der Waals surface area contributed by atoms with Crippen molar-refractivity contribution in [1.82, 2.24) is 0 Å². The van der Waals surface area contributed by atoms with Crippen LogP contribution in [-0.2, 0) is 43.0 Å². The van der Waals surface area contributed by atoms with Crippen LogP contribution in [0.15, 0.2) is 58.3 Å². The number of hydrogen-bond donors (Lipinski definition) is 1. The van der Waals surface area contributed by atoms with E-state index >= 15 is 0 Å². The van der Waals surface area contributed by atoms with Gasteiger partial charge >= 0.3 is 0 Å². The molecule has 0 radical (unpaired) electrons. The van der Waals surface area contributed by atoms with E-state index in [0.29, 0.717) is 0 Å². The van der Waals surface area contributed by atoms with Gasteiger partial charge in [0.2, 0.25) is 9.05 Å². The second-order valence-corrected chi connectivity index (χ2v) is 15.7. The van der Waals surface area contributed by atoms with Crippen LogP contribution in [0.3, 0.4) is 0 Å². The first kappa shape index (κ1) is 35.0. The third-order valence-electron chi connectivity index (χ3n) is 3.48. The lowest BCUT2D eigenvalue weighted by atomic mass is 10.3. The van der Waals surface area contributed by atoms with E-state index in [2.05, 4.69) is 14.9 Å². The number of hydrogen-bond acceptors (Lipinski definition) is 12. The predicted molar refractivity (Wildman–Crippen MR) is 139 cm³/mol. The minimum Gasteiger partial charge on any atom is -0.490 e. The maximum atomic E-state index is 11.4. The first-order chi connectivity index (χ1) is 16.8. The standard InChI is InChI=1S/C10H14O6S2.C9H12O4S.CH3ClO2S/c1-17(11,12)10-6-4-3-5-9(10)15-7-8-16-18(2,13)14;1-14(11,12)9-5-3-2-4-8(9)13-7-6-10;1-5(2,3)4/h3-6H,7-8H2,1-2H3;2-5,10H,6-7H2,1H3;1H3. The van der Waals surface area contributed by atoms with Gasteiger partial charge in [0.15, 0.2) is 19.7 Å². The fourth-order valence-electron chi connectivity index (χ4n) is 2.24. The maximum Gasteiger partial charge on any atom is 0.264 e. The van der Waals surface area contributed by atoms with Gasteiger partial charge in [0.1, 0.15) is 41.1 Å². The van der Waals surface area contributed by atoms with Crippen LogP contribution in [-0.4, -0.2) is 90.2 Å². The maximum absolute atomic E-state index is 11.4. The summed E-state index contributed by atoms with van der Waals surface area (Å²) in [6.07, 6.45) is 4.04. The van der Waals surface area contributed by atoms with Crippen LogP contribution in [0.4, 0.5) is 0 Å². The van der Waals surface area contributed by atoms with E-state index in [4.69, 9.17) is 14.6 Å². The molecule has 0 aromatic heterocycles. The van der Waals surface area contributed by atoms with Crippen molar-refractivity contribution in [3.05, 3.63) is 48.5 Å². The summed E-state index contributed by atoms with van der Waals surface area (Å²) in [5.74, 6) is 0.459. The van der Waals surface area contributed by atoms with Crippen molar-refractivity contribution in [1.29, 1.82) is 0 Å². The van der Waals surface area contributed by atoms with Crippen LogP contribution in [0.2, 0.25) is 0 Å². The summed E-state index contributed by atoms with van der Waals surface area (Å²) >= 11 is 0. The monoisotopic (exact) mass is 624 g/mol. The van der Waals surface area contributed by atoms with E-state index in [1.165, 1.54) is 18.2 Å². The van der Waals surface area contributed by atoms with Gasteiger partial charge in [-0.15, -0.1) is 0 Å². The minimum atomic E-state index is -3.52. The first-order valence-corrected chi connectivity index (χ1v) is 18.3. The molecule has 37 heavy (non-hydrogen) atoms. The Morgan fingerprint density at radius 3 is 1.32 bits per heavy atom. The summed E-state index contributed by atoms with van der Waals surface area (Å²) in [5, 5.41) is 8.55. The van der Waals surface area contributed by atoms with Crippen molar-refractivity contribution in [3.8, 4) is 11.5 Å². The molecule has 0 unspecified atom stereocenters. The zero-order valence-electron chi connectivity index (χ0n) is 20.4. The summed E-state index contributed by atoms with van der Waals surface area (Å²) in [4.78, 5) is 0.206. The summed E-state index contributed by atoms with van der Waals surface area (Å²) in [6, 6.07) is 12.5. The third kappa shape index (κ3) is 18.0. The molecule has 0 aliphatic heterocycles. The fourth-order valence-corrected chi connectivity index (χ4v) is 4.25. The number of para-hydroxylation sites is 2. The predicted octanol–water partition coefficient (Wildman–Crippen LogP) is 1.09. The highest BCUT2D eigenvalue weighted by Crippen LogP contribution is 2.23. The molecule has 0 heterocycles. The Balaban J connectivity index is 0.000000605. The van der Waals surface area contributed by atoms with Crippen molar-refractivity contribution in [2.75, 3.05) is 51.5 Å². The molecule has 2 aromatic carbocycles. The van der Waals surface area contributed by atoms with Gasteiger partial charge in [-0.2, -0.15) is 8.42 Å². The highest BCUT2D eigenvalue weighted by molar-refractivity contribution is 8.13. The molecule has 17 heteroatoms. The first-order valence-electron chi connectivity index (χ1n) is 9.94. The summed E-state index contributed by atoms with van der Waals surface area (Å²) < 4.78 is 100. The Morgan fingerprint density at radius 1 is 0.649 bits per heavy atom. The lowest BCUT2D eigenvalue weighted by molar-refractivity contribution is 0.198. The van der Waals surface area contributed by atoms with Crippen molar-refractivity contribution in [2.24, 2.45) is 0 Å². The van der Waals surface area contributed by atoms with Gasteiger partial charge in [-0.1, -0.05) is 24.3 Å². The van der Waals surface area contributed by atoms with Crippen molar-refractivity contribution in [2.45, 2.75) is 9.79 Å². The summed E-state index contributed by atoms with van der Waals surface area (Å²) in [5.41, 5.74) is 0. The second-order valence-electron chi connectivity index (χ2n) is 7.07. The number of aliphatic hydroxyl groups excluding tert-OH is 1. The second kappa shape index (κ2) is 15.5. The van der Waals surface area contributed by atoms with Crippen molar-refractivity contribution >= 4 is 49.5 Å².